The Labute approximate surface area is 178 Å². The van der Waals surface area contributed by atoms with Crippen LogP contribution >= 0.6 is 11.6 Å². The van der Waals surface area contributed by atoms with Crippen LogP contribution < -0.4 is 10.6 Å². The van der Waals surface area contributed by atoms with E-state index >= 15 is 0 Å². The van der Waals surface area contributed by atoms with Crippen molar-refractivity contribution in [3.8, 4) is 5.88 Å². The van der Waals surface area contributed by atoms with Crippen LogP contribution in [0.3, 0.4) is 0 Å². The number of carbonyl (C=O) groups is 1. The number of rotatable bonds is 3. The van der Waals surface area contributed by atoms with Gasteiger partial charge in [-0.2, -0.15) is 23.1 Å². The summed E-state index contributed by atoms with van der Waals surface area (Å²) in [5, 5.41) is 14.8. The molecule has 11 heteroatoms. The molecule has 1 heterocycles. The van der Waals surface area contributed by atoms with Crippen molar-refractivity contribution in [3.63, 3.8) is 0 Å². The molecular formula is C20H13ClF4N4O2. The van der Waals surface area contributed by atoms with Crippen LogP contribution in [-0.4, -0.2) is 22.0 Å². The van der Waals surface area contributed by atoms with E-state index < -0.39 is 23.5 Å². The number of carbonyl (C=O) groups excluding carboxylic acids is 1. The Kier molecular flexibility index (Phi) is 6.40. The first-order chi connectivity index (χ1) is 14.6. The Morgan fingerprint density at radius 3 is 2.45 bits per heavy atom. The van der Waals surface area contributed by atoms with Gasteiger partial charge in [0.15, 0.2) is 0 Å². The molecule has 0 spiro atoms. The number of anilines is 2. The number of aromatic hydroxyl groups is 1. The lowest BCUT2D eigenvalue weighted by Gasteiger charge is -2.13. The van der Waals surface area contributed by atoms with Crippen LogP contribution in [0.15, 0.2) is 65.7 Å². The van der Waals surface area contributed by atoms with Gasteiger partial charge in [-0.15, -0.1) is 0 Å². The van der Waals surface area contributed by atoms with Gasteiger partial charge in [-0.1, -0.05) is 23.7 Å². The van der Waals surface area contributed by atoms with E-state index in [1.165, 1.54) is 30.3 Å². The highest BCUT2D eigenvalue weighted by Crippen LogP contribution is 2.29. The molecule has 3 N–H and O–H groups in total. The molecule has 3 aromatic rings. The van der Waals surface area contributed by atoms with Crippen LogP contribution in [0.1, 0.15) is 15.9 Å². The summed E-state index contributed by atoms with van der Waals surface area (Å²) < 4.78 is 52.4. The second-order valence-electron chi connectivity index (χ2n) is 6.13. The molecule has 160 valence electrons. The highest BCUT2D eigenvalue weighted by atomic mass is 35.5. The third kappa shape index (κ3) is 6.16. The molecule has 0 saturated heterocycles. The summed E-state index contributed by atoms with van der Waals surface area (Å²) in [6.45, 7) is 0. The lowest BCUT2D eigenvalue weighted by molar-refractivity contribution is -0.137. The summed E-state index contributed by atoms with van der Waals surface area (Å²) in [7, 11) is 0. The van der Waals surface area contributed by atoms with Crippen molar-refractivity contribution >= 4 is 35.0 Å². The van der Waals surface area contributed by atoms with Gasteiger partial charge in [0.2, 0.25) is 11.8 Å². The molecule has 31 heavy (non-hydrogen) atoms. The maximum absolute atomic E-state index is 13.6. The maximum atomic E-state index is 13.6. The van der Waals surface area contributed by atoms with Crippen LogP contribution in [-0.2, 0) is 6.18 Å². The summed E-state index contributed by atoms with van der Waals surface area (Å²) in [6.07, 6.45) is -4.64. The minimum atomic E-state index is -4.64. The quantitative estimate of drug-likeness (QED) is 0.284. The van der Waals surface area contributed by atoms with Gasteiger partial charge in [0.1, 0.15) is 11.6 Å². The van der Waals surface area contributed by atoms with Crippen LogP contribution in [0.4, 0.5) is 29.1 Å². The first-order valence-electron chi connectivity index (χ1n) is 8.56. The summed E-state index contributed by atoms with van der Waals surface area (Å²) in [4.78, 5) is 20.0. The van der Waals surface area contributed by atoms with Crippen LogP contribution in [0.5, 0.6) is 5.88 Å². The van der Waals surface area contributed by atoms with Gasteiger partial charge < -0.3 is 15.7 Å². The highest BCUT2D eigenvalue weighted by Gasteiger charge is 2.30. The zero-order chi connectivity index (χ0) is 22.6. The van der Waals surface area contributed by atoms with Crippen molar-refractivity contribution in [2.24, 2.45) is 4.99 Å². The first kappa shape index (κ1) is 22.0. The number of amides is 1. The van der Waals surface area contributed by atoms with E-state index in [-0.39, 0.29) is 33.9 Å². The van der Waals surface area contributed by atoms with Crippen LogP contribution in [0.25, 0.3) is 0 Å². The molecule has 6 nitrogen and oxygen atoms in total. The average molecular weight is 453 g/mol. The molecule has 2 aromatic carbocycles. The van der Waals surface area contributed by atoms with E-state index in [1.54, 1.807) is 0 Å². The van der Waals surface area contributed by atoms with Crippen molar-refractivity contribution < 1.29 is 27.5 Å². The number of guanidine groups is 1. The van der Waals surface area contributed by atoms with Crippen molar-refractivity contribution in [2.75, 3.05) is 10.6 Å². The Morgan fingerprint density at radius 2 is 1.77 bits per heavy atom. The number of hydrogen-bond donors (Lipinski definition) is 3. The number of pyridine rings is 1. The fourth-order valence-electron chi connectivity index (χ4n) is 2.46. The van der Waals surface area contributed by atoms with Gasteiger partial charge in [0.25, 0.3) is 5.91 Å². The Bertz CT molecular complexity index is 1130. The first-order valence-corrected chi connectivity index (χ1v) is 8.94. The number of halogens is 5. The molecule has 1 aromatic heterocycles. The largest absolute Gasteiger partial charge is 0.493 e. The zero-order valence-corrected chi connectivity index (χ0v) is 16.2. The predicted molar refractivity (Wildman–Crippen MR) is 108 cm³/mol. The van der Waals surface area contributed by atoms with E-state index in [4.69, 9.17) is 11.6 Å². The Morgan fingerprint density at radius 1 is 1.03 bits per heavy atom. The maximum Gasteiger partial charge on any atom is 0.416 e. The van der Waals surface area contributed by atoms with Crippen molar-refractivity contribution in [2.45, 2.75) is 6.18 Å². The molecule has 0 aliphatic heterocycles. The third-order valence-electron chi connectivity index (χ3n) is 3.76. The van der Waals surface area contributed by atoms with E-state index in [0.717, 1.165) is 24.3 Å². The number of aliphatic imine (C=N–C) groups is 1. The lowest BCUT2D eigenvalue weighted by atomic mass is 10.1. The SMILES string of the molecule is O=C(/N=C(/Nc1cc(F)cc(Cl)c1)Nc1cccc(O)n1)c1cccc(C(F)(F)F)c1. The number of aromatic nitrogens is 1. The molecule has 0 aliphatic carbocycles. The van der Waals surface area contributed by atoms with Crippen molar-refractivity contribution in [1.82, 2.24) is 4.98 Å². The van der Waals surface area contributed by atoms with E-state index in [1.807, 2.05) is 0 Å². The normalized spacial score (nSPS) is 11.8. The van der Waals surface area contributed by atoms with E-state index in [0.29, 0.717) is 6.07 Å². The standard InChI is InChI=1S/C20H13ClF4N4O2/c21-13-8-14(22)10-15(9-13)26-19(28-16-5-2-6-17(30)27-16)29-18(31)11-3-1-4-12(7-11)20(23,24)25/h1-10H,(H3,26,27,28,29,30,31). The van der Waals surface area contributed by atoms with Gasteiger partial charge in [0.05, 0.1) is 5.56 Å². The summed E-state index contributed by atoms with van der Waals surface area (Å²) >= 11 is 5.82. The van der Waals surface area contributed by atoms with E-state index in [9.17, 15) is 27.5 Å². The monoisotopic (exact) mass is 452 g/mol. The molecule has 0 aliphatic rings. The van der Waals surface area contributed by atoms with Crippen molar-refractivity contribution in [1.29, 1.82) is 0 Å². The van der Waals surface area contributed by atoms with Crippen LogP contribution in [0.2, 0.25) is 5.02 Å². The van der Waals surface area contributed by atoms with Gasteiger partial charge in [-0.05, 0) is 42.5 Å². The molecule has 0 bridgehead atoms. The van der Waals surface area contributed by atoms with Crippen LogP contribution in [0, 0.1) is 5.82 Å². The third-order valence-corrected chi connectivity index (χ3v) is 3.97. The summed E-state index contributed by atoms with van der Waals surface area (Å²) in [6, 6.07) is 11.4. The number of benzene rings is 2. The highest BCUT2D eigenvalue weighted by molar-refractivity contribution is 6.31. The molecule has 0 unspecified atom stereocenters. The fourth-order valence-corrected chi connectivity index (χ4v) is 2.68. The van der Waals surface area contributed by atoms with Gasteiger partial charge >= 0.3 is 6.18 Å². The molecular weight excluding hydrogens is 440 g/mol. The molecule has 0 radical (unpaired) electrons. The number of nitrogens with one attached hydrogen (secondary N) is 2. The molecule has 0 fully saturated rings. The molecule has 1 amide bonds. The Hall–Kier alpha value is -3.66. The lowest BCUT2D eigenvalue weighted by Crippen LogP contribution is -2.24. The molecule has 0 saturated carbocycles. The topological polar surface area (TPSA) is 86.6 Å². The minimum Gasteiger partial charge on any atom is -0.493 e. The summed E-state index contributed by atoms with van der Waals surface area (Å²) in [5.74, 6) is -2.24. The molecule has 3 rings (SSSR count). The second-order valence-corrected chi connectivity index (χ2v) is 6.57. The number of hydrogen-bond acceptors (Lipinski definition) is 3. The zero-order valence-electron chi connectivity index (χ0n) is 15.4. The van der Waals surface area contributed by atoms with E-state index in [2.05, 4.69) is 20.6 Å². The predicted octanol–water partition coefficient (Wildman–Crippen LogP) is 5.32. The minimum absolute atomic E-state index is 0.0570. The van der Waals surface area contributed by atoms with Gasteiger partial charge in [-0.3, -0.25) is 4.79 Å². The average Bonchev–Trinajstić information content (AvgIpc) is 2.66. The smallest absolute Gasteiger partial charge is 0.416 e. The second kappa shape index (κ2) is 9.00. The molecule has 0 atom stereocenters. The van der Waals surface area contributed by atoms with Gasteiger partial charge in [0, 0.05) is 22.3 Å². The number of alkyl halides is 3. The number of nitrogens with zero attached hydrogens (tertiary/aromatic N) is 2. The van der Waals surface area contributed by atoms with Gasteiger partial charge in [-0.25, -0.2) is 4.39 Å². The fraction of sp³-hybridized carbons (Fsp3) is 0.0500. The summed E-state index contributed by atoms with van der Waals surface area (Å²) in [5.41, 5.74) is -1.23. The van der Waals surface area contributed by atoms with Crippen molar-refractivity contribution in [3.05, 3.63) is 82.6 Å². The Balaban J connectivity index is 1.96.